The van der Waals surface area contributed by atoms with Crippen LogP contribution in [0.2, 0.25) is 0 Å². The largest absolute Gasteiger partial charge is 0.497 e. The van der Waals surface area contributed by atoms with Crippen molar-refractivity contribution in [2.24, 2.45) is 0 Å². The zero-order valence-electron chi connectivity index (χ0n) is 16.3. The molecule has 1 N–H and O–H groups in total. The third kappa shape index (κ3) is 5.58. The van der Waals surface area contributed by atoms with Gasteiger partial charge in [0.15, 0.2) is 0 Å². The van der Waals surface area contributed by atoms with Gasteiger partial charge in [-0.1, -0.05) is 6.07 Å². The summed E-state index contributed by atoms with van der Waals surface area (Å²) in [5.41, 5.74) is 0.882. The number of nitro groups is 1. The summed E-state index contributed by atoms with van der Waals surface area (Å²) in [4.78, 5) is 22.4. The number of rotatable bonds is 8. The van der Waals surface area contributed by atoms with Crippen LogP contribution in [0, 0.1) is 10.1 Å². The molecule has 0 fully saturated rings. The van der Waals surface area contributed by atoms with Crippen LogP contribution in [0.4, 0.5) is 11.4 Å². The molecule has 0 aliphatic heterocycles. The summed E-state index contributed by atoms with van der Waals surface area (Å²) in [5.74, 6) is -0.138. The van der Waals surface area contributed by atoms with E-state index in [2.05, 4.69) is 4.72 Å². The number of hydrogen-bond donors (Lipinski definition) is 1. The van der Waals surface area contributed by atoms with E-state index in [4.69, 9.17) is 9.47 Å². The normalized spacial score (nSPS) is 10.9. The average Bonchev–Trinajstić information content (AvgIpc) is 2.78. The number of sulfonamides is 1. The number of methoxy groups -OCH3 is 1. The first-order valence-electron chi connectivity index (χ1n) is 8.96. The fourth-order valence-electron chi connectivity index (χ4n) is 2.61. The first-order chi connectivity index (χ1) is 14.8. The lowest BCUT2D eigenvalue weighted by atomic mass is 10.2. The lowest BCUT2D eigenvalue weighted by molar-refractivity contribution is -0.384. The minimum Gasteiger partial charge on any atom is -0.497 e. The Morgan fingerprint density at radius 1 is 1.03 bits per heavy atom. The van der Waals surface area contributed by atoms with E-state index in [-0.39, 0.29) is 22.8 Å². The summed E-state index contributed by atoms with van der Waals surface area (Å²) in [6.07, 6.45) is 0. The Morgan fingerprint density at radius 2 is 1.71 bits per heavy atom. The van der Waals surface area contributed by atoms with Crippen LogP contribution in [0.3, 0.4) is 0 Å². The molecule has 3 aromatic rings. The number of nitrogens with one attached hydrogen (secondary N) is 1. The van der Waals surface area contributed by atoms with Gasteiger partial charge < -0.3 is 9.47 Å². The first kappa shape index (κ1) is 21.8. The van der Waals surface area contributed by atoms with Crippen molar-refractivity contribution in [1.82, 2.24) is 0 Å². The number of benzene rings is 3. The van der Waals surface area contributed by atoms with Crippen LogP contribution in [-0.4, -0.2) is 26.4 Å². The van der Waals surface area contributed by atoms with Crippen molar-refractivity contribution in [2.45, 2.75) is 11.5 Å². The van der Waals surface area contributed by atoms with Crippen molar-refractivity contribution in [3.63, 3.8) is 0 Å². The smallest absolute Gasteiger partial charge is 0.338 e. The van der Waals surface area contributed by atoms with Crippen LogP contribution < -0.4 is 9.46 Å². The highest BCUT2D eigenvalue weighted by molar-refractivity contribution is 7.92. The molecule has 160 valence electrons. The summed E-state index contributed by atoms with van der Waals surface area (Å²) >= 11 is 0. The van der Waals surface area contributed by atoms with Crippen LogP contribution in [-0.2, 0) is 21.4 Å². The second-order valence-electron chi connectivity index (χ2n) is 6.36. The highest BCUT2D eigenvalue weighted by atomic mass is 32.2. The average molecular weight is 442 g/mol. The molecule has 0 bridgehead atoms. The molecule has 0 saturated heterocycles. The van der Waals surface area contributed by atoms with Crippen molar-refractivity contribution >= 4 is 27.4 Å². The summed E-state index contributed by atoms with van der Waals surface area (Å²) in [6.45, 7) is -0.113. The van der Waals surface area contributed by atoms with Gasteiger partial charge in [0.05, 0.1) is 22.5 Å². The Labute approximate surface area is 178 Å². The number of ether oxygens (including phenoxy) is 2. The van der Waals surface area contributed by atoms with E-state index in [0.717, 1.165) is 0 Å². The van der Waals surface area contributed by atoms with Gasteiger partial charge in [0.2, 0.25) is 0 Å². The summed E-state index contributed by atoms with van der Waals surface area (Å²) in [5, 5.41) is 10.7. The predicted molar refractivity (Wildman–Crippen MR) is 112 cm³/mol. The lowest BCUT2D eigenvalue weighted by Crippen LogP contribution is -2.14. The van der Waals surface area contributed by atoms with E-state index in [9.17, 15) is 23.3 Å². The molecule has 0 saturated carbocycles. The lowest BCUT2D eigenvalue weighted by Gasteiger charge is -2.10. The van der Waals surface area contributed by atoms with Gasteiger partial charge in [0, 0.05) is 17.8 Å². The summed E-state index contributed by atoms with van der Waals surface area (Å²) in [6, 6.07) is 17.3. The van der Waals surface area contributed by atoms with Gasteiger partial charge in [0.25, 0.3) is 15.7 Å². The van der Waals surface area contributed by atoms with Crippen LogP contribution in [0.1, 0.15) is 15.9 Å². The van der Waals surface area contributed by atoms with Gasteiger partial charge >= 0.3 is 5.97 Å². The maximum Gasteiger partial charge on any atom is 0.338 e. The molecular formula is C21H18N2O7S. The van der Waals surface area contributed by atoms with Crippen molar-refractivity contribution in [3.8, 4) is 5.75 Å². The van der Waals surface area contributed by atoms with Crippen molar-refractivity contribution in [3.05, 3.63) is 94.0 Å². The third-order valence-electron chi connectivity index (χ3n) is 4.24. The molecular weight excluding hydrogens is 424 g/mol. The van der Waals surface area contributed by atoms with Gasteiger partial charge in [-0.25, -0.2) is 13.2 Å². The van der Waals surface area contributed by atoms with E-state index in [1.165, 1.54) is 55.6 Å². The molecule has 0 amide bonds. The zero-order chi connectivity index (χ0) is 22.4. The quantitative estimate of drug-likeness (QED) is 0.320. The van der Waals surface area contributed by atoms with Crippen LogP contribution >= 0.6 is 0 Å². The molecule has 0 aliphatic carbocycles. The monoisotopic (exact) mass is 442 g/mol. The number of anilines is 1. The van der Waals surface area contributed by atoms with Gasteiger partial charge in [-0.3, -0.25) is 14.8 Å². The fourth-order valence-corrected chi connectivity index (χ4v) is 3.71. The fraction of sp³-hybridized carbons (Fsp3) is 0.0952. The molecule has 31 heavy (non-hydrogen) atoms. The Balaban J connectivity index is 1.69. The number of nitro benzene ring substituents is 1. The maximum absolute atomic E-state index is 12.6. The highest BCUT2D eigenvalue weighted by Gasteiger charge is 2.17. The van der Waals surface area contributed by atoms with Crippen molar-refractivity contribution < 1.29 is 27.6 Å². The van der Waals surface area contributed by atoms with Crippen molar-refractivity contribution in [1.29, 1.82) is 0 Å². The van der Waals surface area contributed by atoms with Crippen LogP contribution in [0.15, 0.2) is 77.7 Å². The van der Waals surface area contributed by atoms with E-state index in [0.29, 0.717) is 17.0 Å². The first-order valence-corrected chi connectivity index (χ1v) is 10.4. The van der Waals surface area contributed by atoms with E-state index < -0.39 is 20.9 Å². The number of carbonyl (C=O) groups is 1. The number of hydrogen-bond acceptors (Lipinski definition) is 7. The highest BCUT2D eigenvalue weighted by Crippen LogP contribution is 2.20. The molecule has 3 rings (SSSR count). The van der Waals surface area contributed by atoms with Gasteiger partial charge in [-0.2, -0.15) is 0 Å². The van der Waals surface area contributed by atoms with E-state index >= 15 is 0 Å². The molecule has 0 spiro atoms. The molecule has 0 aromatic heterocycles. The Bertz CT molecular complexity index is 1190. The maximum atomic E-state index is 12.6. The standard InChI is InChI=1S/C21H18N2O7S/c1-29-19-11-7-17(8-12-19)22-31(27,28)20-4-2-3-16(13-20)21(24)30-14-15-5-9-18(10-6-15)23(25)26/h2-13,22H,14H2,1H3. The molecule has 0 unspecified atom stereocenters. The molecule has 0 heterocycles. The van der Waals surface area contributed by atoms with Crippen LogP contribution in [0.25, 0.3) is 0 Å². The minimum atomic E-state index is -3.93. The SMILES string of the molecule is COc1ccc(NS(=O)(=O)c2cccc(C(=O)OCc3ccc([N+](=O)[O-])cc3)c2)cc1. The third-order valence-corrected chi connectivity index (χ3v) is 5.62. The second kappa shape index (κ2) is 9.26. The number of non-ortho nitro benzene ring substituents is 1. The molecule has 9 nitrogen and oxygen atoms in total. The van der Waals surface area contributed by atoms with Crippen molar-refractivity contribution in [2.75, 3.05) is 11.8 Å². The number of nitrogens with zero attached hydrogens (tertiary/aromatic N) is 1. The Hall–Kier alpha value is -3.92. The Morgan fingerprint density at radius 3 is 2.32 bits per heavy atom. The minimum absolute atomic E-state index is 0.0551. The summed E-state index contributed by atoms with van der Waals surface area (Å²) in [7, 11) is -2.43. The number of esters is 1. The molecule has 3 aromatic carbocycles. The van der Waals surface area contributed by atoms with Crippen LogP contribution in [0.5, 0.6) is 5.75 Å². The molecule has 0 radical (unpaired) electrons. The van der Waals surface area contributed by atoms with Gasteiger partial charge in [-0.15, -0.1) is 0 Å². The molecule has 0 aliphatic rings. The van der Waals surface area contributed by atoms with Gasteiger partial charge in [-0.05, 0) is 60.2 Å². The Kier molecular flexibility index (Phi) is 6.51. The van der Waals surface area contributed by atoms with E-state index in [1.807, 2.05) is 0 Å². The molecule has 10 heteroatoms. The molecule has 0 atom stereocenters. The van der Waals surface area contributed by atoms with Gasteiger partial charge in [0.1, 0.15) is 12.4 Å². The summed E-state index contributed by atoms with van der Waals surface area (Å²) < 4.78 is 38.0. The second-order valence-corrected chi connectivity index (χ2v) is 8.04. The predicted octanol–water partition coefficient (Wildman–Crippen LogP) is 3.76. The zero-order valence-corrected chi connectivity index (χ0v) is 17.2. The van der Waals surface area contributed by atoms with E-state index in [1.54, 1.807) is 24.3 Å². The topological polar surface area (TPSA) is 125 Å². The number of carbonyl (C=O) groups excluding carboxylic acids is 1.